The molecule has 0 spiro atoms. The Labute approximate surface area is 164 Å². The Balaban J connectivity index is 1.66. The molecule has 1 aliphatic rings. The van der Waals surface area contributed by atoms with Crippen molar-refractivity contribution in [2.75, 3.05) is 12.3 Å². The van der Waals surface area contributed by atoms with Crippen molar-refractivity contribution in [1.29, 1.82) is 0 Å². The number of benzene rings is 1. The monoisotopic (exact) mass is 397 g/mol. The zero-order chi connectivity index (χ0) is 20.4. The van der Waals surface area contributed by atoms with Crippen LogP contribution in [0.5, 0.6) is 0 Å². The van der Waals surface area contributed by atoms with Gasteiger partial charge >= 0.3 is 0 Å². The van der Waals surface area contributed by atoms with E-state index in [9.17, 15) is 14.7 Å². The maximum atomic E-state index is 12.0. The highest BCUT2D eigenvalue weighted by Gasteiger charge is 2.49. The molecule has 1 aliphatic heterocycles. The molecule has 3 aromatic rings. The summed E-state index contributed by atoms with van der Waals surface area (Å²) < 4.78 is 13.5. The SMILES string of the molecule is Nc1nc2c(ncn2C2CC(OCc3ccccc3)C(C=C=O)(CO)O2)c(=O)[nH]1. The van der Waals surface area contributed by atoms with Gasteiger partial charge in [-0.25, -0.2) is 9.78 Å². The van der Waals surface area contributed by atoms with Crippen LogP contribution >= 0.6 is 0 Å². The second-order valence-corrected chi connectivity index (χ2v) is 6.74. The summed E-state index contributed by atoms with van der Waals surface area (Å²) in [5, 5.41) is 10.0. The van der Waals surface area contributed by atoms with Gasteiger partial charge in [0.25, 0.3) is 5.56 Å². The summed E-state index contributed by atoms with van der Waals surface area (Å²) in [5.41, 5.74) is 5.08. The summed E-state index contributed by atoms with van der Waals surface area (Å²) in [6.07, 6.45) is 1.48. The fraction of sp³-hybridized carbons (Fsp3) is 0.316. The van der Waals surface area contributed by atoms with E-state index in [0.29, 0.717) is 0 Å². The number of rotatable bonds is 6. The number of hydrogen-bond acceptors (Lipinski definition) is 8. The molecule has 4 N–H and O–H groups in total. The van der Waals surface area contributed by atoms with Crippen LogP contribution in [-0.2, 0) is 20.9 Å². The lowest BCUT2D eigenvalue weighted by Crippen LogP contribution is -2.42. The fourth-order valence-corrected chi connectivity index (χ4v) is 3.48. The fourth-order valence-electron chi connectivity index (χ4n) is 3.48. The number of nitrogens with one attached hydrogen (secondary N) is 1. The molecule has 0 radical (unpaired) electrons. The van der Waals surface area contributed by atoms with Crippen LogP contribution in [0.15, 0.2) is 47.5 Å². The van der Waals surface area contributed by atoms with Gasteiger partial charge in [-0.05, 0) is 5.56 Å². The maximum absolute atomic E-state index is 12.0. The number of fused-ring (bicyclic) bond motifs is 1. The Morgan fingerprint density at radius 1 is 1.45 bits per heavy atom. The third kappa shape index (κ3) is 3.45. The Morgan fingerprint density at radius 3 is 2.97 bits per heavy atom. The van der Waals surface area contributed by atoms with Crippen LogP contribution in [0.4, 0.5) is 5.95 Å². The first-order valence-corrected chi connectivity index (χ1v) is 8.95. The number of imidazole rings is 1. The molecule has 0 bridgehead atoms. The molecule has 3 atom stereocenters. The number of aromatic nitrogens is 4. The molecular weight excluding hydrogens is 378 g/mol. The van der Waals surface area contributed by atoms with Gasteiger partial charge in [0.2, 0.25) is 5.95 Å². The normalized spacial score (nSPS) is 23.9. The van der Waals surface area contributed by atoms with Gasteiger partial charge in [0.15, 0.2) is 11.2 Å². The lowest BCUT2D eigenvalue weighted by Gasteiger charge is -2.28. The molecule has 2 aromatic heterocycles. The second kappa shape index (κ2) is 7.61. The Kier molecular flexibility index (Phi) is 4.99. The van der Waals surface area contributed by atoms with E-state index < -0.39 is 30.1 Å². The number of hydrogen-bond donors (Lipinski definition) is 3. The van der Waals surface area contributed by atoms with Gasteiger partial charge in [0.05, 0.1) is 25.6 Å². The summed E-state index contributed by atoms with van der Waals surface area (Å²) in [6.45, 7) is -0.216. The Bertz CT molecular complexity index is 1120. The van der Waals surface area contributed by atoms with Crippen molar-refractivity contribution in [2.45, 2.75) is 31.0 Å². The summed E-state index contributed by atoms with van der Waals surface area (Å²) >= 11 is 0. The smallest absolute Gasteiger partial charge is 0.280 e. The first-order chi connectivity index (χ1) is 14.1. The molecule has 1 aromatic carbocycles. The highest BCUT2D eigenvalue weighted by atomic mass is 16.6. The first kappa shape index (κ1) is 19.0. The molecule has 10 nitrogen and oxygen atoms in total. The number of nitrogens with two attached hydrogens (primary N) is 1. The molecule has 150 valence electrons. The van der Waals surface area contributed by atoms with Crippen LogP contribution in [0.2, 0.25) is 0 Å². The van der Waals surface area contributed by atoms with Crippen molar-refractivity contribution in [2.24, 2.45) is 0 Å². The molecule has 3 heterocycles. The van der Waals surface area contributed by atoms with Gasteiger partial charge in [-0.1, -0.05) is 30.3 Å². The lowest BCUT2D eigenvalue weighted by atomic mass is 9.97. The van der Waals surface area contributed by atoms with Gasteiger partial charge in [-0.15, -0.1) is 0 Å². The maximum Gasteiger partial charge on any atom is 0.280 e. The molecule has 4 rings (SSSR count). The van der Waals surface area contributed by atoms with Gasteiger partial charge in [0, 0.05) is 12.5 Å². The van der Waals surface area contributed by atoms with Gasteiger partial charge < -0.3 is 20.3 Å². The van der Waals surface area contributed by atoms with Crippen molar-refractivity contribution in [1.82, 2.24) is 19.5 Å². The van der Waals surface area contributed by atoms with E-state index in [1.807, 2.05) is 30.3 Å². The number of anilines is 1. The summed E-state index contributed by atoms with van der Waals surface area (Å²) in [6, 6.07) is 9.50. The molecule has 0 aliphatic carbocycles. The minimum Gasteiger partial charge on any atom is -0.393 e. The Hall–Kier alpha value is -3.30. The van der Waals surface area contributed by atoms with E-state index in [0.717, 1.165) is 11.6 Å². The molecule has 0 amide bonds. The number of aromatic amines is 1. The van der Waals surface area contributed by atoms with Crippen LogP contribution in [0.3, 0.4) is 0 Å². The predicted octanol–water partition coefficient (Wildman–Crippen LogP) is 0.325. The summed E-state index contributed by atoms with van der Waals surface area (Å²) in [5.74, 6) is 1.64. The van der Waals surface area contributed by atoms with Crippen molar-refractivity contribution in [3.8, 4) is 0 Å². The molecule has 1 saturated heterocycles. The van der Waals surface area contributed by atoms with Crippen LogP contribution in [0.1, 0.15) is 18.2 Å². The van der Waals surface area contributed by atoms with Crippen molar-refractivity contribution >= 4 is 23.1 Å². The lowest BCUT2D eigenvalue weighted by molar-refractivity contribution is -0.113. The average molecular weight is 397 g/mol. The third-order valence-electron chi connectivity index (χ3n) is 4.92. The minimum absolute atomic E-state index is 0.0552. The first-order valence-electron chi connectivity index (χ1n) is 8.95. The van der Waals surface area contributed by atoms with Crippen molar-refractivity contribution in [3.05, 3.63) is 58.7 Å². The van der Waals surface area contributed by atoms with Crippen molar-refractivity contribution in [3.63, 3.8) is 0 Å². The number of H-pyrrole nitrogens is 1. The van der Waals surface area contributed by atoms with E-state index in [1.165, 1.54) is 10.9 Å². The number of carbonyl (C=O) groups excluding carboxylic acids is 1. The zero-order valence-corrected chi connectivity index (χ0v) is 15.3. The van der Waals surface area contributed by atoms with Gasteiger partial charge in [-0.3, -0.25) is 14.3 Å². The van der Waals surface area contributed by atoms with E-state index in [1.54, 1.807) is 5.94 Å². The van der Waals surface area contributed by atoms with E-state index >= 15 is 0 Å². The minimum atomic E-state index is -1.38. The second-order valence-electron chi connectivity index (χ2n) is 6.74. The molecule has 0 saturated carbocycles. The molecule has 1 fully saturated rings. The number of nitrogens with zero attached hydrogens (tertiary/aromatic N) is 3. The Morgan fingerprint density at radius 2 is 2.24 bits per heavy atom. The van der Waals surface area contributed by atoms with Crippen molar-refractivity contribution < 1.29 is 19.4 Å². The number of aliphatic hydroxyl groups excluding tert-OH is 1. The van der Waals surface area contributed by atoms with Crippen LogP contribution < -0.4 is 11.3 Å². The molecule has 3 unspecified atom stereocenters. The number of ether oxygens (including phenoxy) is 2. The van der Waals surface area contributed by atoms with E-state index in [4.69, 9.17) is 15.2 Å². The largest absolute Gasteiger partial charge is 0.393 e. The quantitative estimate of drug-likeness (QED) is 0.504. The summed E-state index contributed by atoms with van der Waals surface area (Å²) in [7, 11) is 0. The van der Waals surface area contributed by atoms with Crippen LogP contribution in [0.25, 0.3) is 11.2 Å². The summed E-state index contributed by atoms with van der Waals surface area (Å²) in [4.78, 5) is 33.7. The van der Waals surface area contributed by atoms with E-state index in [2.05, 4.69) is 15.0 Å². The zero-order valence-electron chi connectivity index (χ0n) is 15.3. The number of aliphatic hydroxyl groups is 1. The predicted molar refractivity (Wildman–Crippen MR) is 102 cm³/mol. The van der Waals surface area contributed by atoms with Gasteiger partial charge in [0.1, 0.15) is 17.8 Å². The highest BCUT2D eigenvalue weighted by Crippen LogP contribution is 2.40. The van der Waals surface area contributed by atoms with E-state index in [-0.39, 0.29) is 30.1 Å². The molecule has 29 heavy (non-hydrogen) atoms. The highest BCUT2D eigenvalue weighted by molar-refractivity contribution is 5.70. The number of nitrogen functional groups attached to an aromatic ring is 1. The van der Waals surface area contributed by atoms with Crippen LogP contribution in [0, 0.1) is 0 Å². The standard InChI is InChI=1S/C19H19N5O5/c20-18-22-16-15(17(27)23-18)21-11-24(16)14-8-13(19(10-26,29-14)6-7-25)28-9-12-4-2-1-3-5-12/h1-6,11,13-14,26H,8-10H2,(H3,20,22,23,27). The topological polar surface area (TPSA) is 145 Å². The van der Waals surface area contributed by atoms with Crippen LogP contribution in [-0.4, -0.2) is 48.9 Å². The average Bonchev–Trinajstić information content (AvgIpc) is 3.29. The van der Waals surface area contributed by atoms with Gasteiger partial charge in [-0.2, -0.15) is 4.98 Å². The molecular formula is C19H19N5O5. The molecule has 10 heteroatoms. The third-order valence-corrected chi connectivity index (χ3v) is 4.92.